The monoisotopic (exact) mass is 344 g/mol. The standard InChI is InChI=1S/C16H9NO5S.H2O/c18-11-7-10(16(19)20)17-9-5-6-13-14(15(9)11)8-3-1-2-4-12(8)23(13,21)22;/h1-7H,(H,17,18)(H,19,20);1H2/p-1. The van der Waals surface area contributed by atoms with Gasteiger partial charge in [-0.2, -0.15) is 0 Å². The lowest BCUT2D eigenvalue weighted by atomic mass is 10.00. The van der Waals surface area contributed by atoms with Crippen molar-refractivity contribution in [1.29, 1.82) is 0 Å². The first-order valence-corrected chi connectivity index (χ1v) is 8.15. The second-order valence-corrected chi connectivity index (χ2v) is 7.08. The number of pyridine rings is 1. The van der Waals surface area contributed by atoms with Crippen LogP contribution in [0.1, 0.15) is 10.5 Å². The van der Waals surface area contributed by atoms with E-state index < -0.39 is 21.2 Å². The summed E-state index contributed by atoms with van der Waals surface area (Å²) in [5.74, 6) is -1.50. The van der Waals surface area contributed by atoms with Crippen molar-refractivity contribution < 1.29 is 23.8 Å². The number of hydrogen-bond donors (Lipinski definition) is 1. The average molecular weight is 344 g/mol. The van der Waals surface area contributed by atoms with Gasteiger partial charge in [-0.1, -0.05) is 18.2 Å². The van der Waals surface area contributed by atoms with Crippen molar-refractivity contribution in [2.24, 2.45) is 0 Å². The highest BCUT2D eigenvalue weighted by atomic mass is 32.2. The molecule has 7 nitrogen and oxygen atoms in total. The number of aromatic carboxylic acids is 1. The molecule has 1 aliphatic heterocycles. The molecule has 1 aliphatic rings. The highest BCUT2D eigenvalue weighted by Crippen LogP contribution is 2.45. The Hall–Kier alpha value is -2.97. The summed E-state index contributed by atoms with van der Waals surface area (Å²) in [6.07, 6.45) is 0. The molecule has 0 amide bonds. The number of aromatic nitrogens is 1. The number of carboxylic acid groups (broad SMARTS) is 1. The van der Waals surface area contributed by atoms with E-state index in [1.54, 1.807) is 18.2 Å². The SMILES string of the molecule is O.O=C([O-])c1cc(=O)c2c3c(ccc2[nH]1)S(=O)(=O)c1ccccc1-3. The van der Waals surface area contributed by atoms with Crippen LogP contribution in [0.5, 0.6) is 0 Å². The van der Waals surface area contributed by atoms with Crippen LogP contribution in [0, 0.1) is 0 Å². The van der Waals surface area contributed by atoms with Gasteiger partial charge < -0.3 is 20.4 Å². The van der Waals surface area contributed by atoms with Gasteiger partial charge in [-0.25, -0.2) is 8.42 Å². The Morgan fingerprint density at radius 1 is 1.04 bits per heavy atom. The zero-order chi connectivity index (χ0) is 16.4. The normalized spacial score (nSPS) is 13.8. The van der Waals surface area contributed by atoms with Crippen molar-refractivity contribution in [2.75, 3.05) is 0 Å². The zero-order valence-electron chi connectivity index (χ0n) is 12.0. The largest absolute Gasteiger partial charge is 0.543 e. The summed E-state index contributed by atoms with van der Waals surface area (Å²) in [7, 11) is -3.68. The van der Waals surface area contributed by atoms with Crippen molar-refractivity contribution in [3.8, 4) is 11.1 Å². The number of benzene rings is 2. The van der Waals surface area contributed by atoms with Gasteiger partial charge >= 0.3 is 0 Å². The summed E-state index contributed by atoms with van der Waals surface area (Å²) in [5, 5.41) is 11.1. The first-order valence-electron chi connectivity index (χ1n) is 6.67. The Morgan fingerprint density at radius 2 is 1.75 bits per heavy atom. The molecule has 2 aromatic carbocycles. The zero-order valence-corrected chi connectivity index (χ0v) is 12.8. The van der Waals surface area contributed by atoms with Gasteiger partial charge in [-0.3, -0.25) is 4.79 Å². The fraction of sp³-hybridized carbons (Fsp3) is 0. The van der Waals surface area contributed by atoms with Gasteiger partial charge in [0.15, 0.2) is 5.43 Å². The molecule has 0 fully saturated rings. The van der Waals surface area contributed by atoms with Crippen LogP contribution in [0.25, 0.3) is 22.0 Å². The average Bonchev–Trinajstić information content (AvgIpc) is 2.75. The quantitative estimate of drug-likeness (QED) is 0.513. The van der Waals surface area contributed by atoms with Crippen LogP contribution >= 0.6 is 0 Å². The Kier molecular flexibility index (Phi) is 3.32. The summed E-state index contributed by atoms with van der Waals surface area (Å²) >= 11 is 0. The molecule has 122 valence electrons. The number of carbonyl (C=O) groups is 1. The summed E-state index contributed by atoms with van der Waals surface area (Å²) < 4.78 is 25.2. The molecule has 0 aliphatic carbocycles. The number of carboxylic acids is 1. The van der Waals surface area contributed by atoms with Crippen molar-refractivity contribution in [3.63, 3.8) is 0 Å². The third kappa shape index (κ3) is 1.90. The van der Waals surface area contributed by atoms with Crippen LogP contribution in [0.3, 0.4) is 0 Å². The van der Waals surface area contributed by atoms with Gasteiger partial charge in [-0.15, -0.1) is 0 Å². The van der Waals surface area contributed by atoms with Crippen LogP contribution in [0.4, 0.5) is 0 Å². The molecule has 0 saturated heterocycles. The molecular weight excluding hydrogens is 334 g/mol. The van der Waals surface area contributed by atoms with Crippen LogP contribution in [-0.2, 0) is 9.84 Å². The minimum atomic E-state index is -3.68. The number of nitrogens with one attached hydrogen (secondary N) is 1. The van der Waals surface area contributed by atoms with Gasteiger partial charge in [0.25, 0.3) is 0 Å². The fourth-order valence-corrected chi connectivity index (χ4v) is 4.64. The molecule has 8 heteroatoms. The molecular formula is C16H10NO6S-. The topological polar surface area (TPSA) is 139 Å². The van der Waals surface area contributed by atoms with Crippen LogP contribution in [-0.4, -0.2) is 24.8 Å². The highest BCUT2D eigenvalue weighted by molar-refractivity contribution is 7.92. The fourth-order valence-electron chi connectivity index (χ4n) is 2.96. The molecule has 2 heterocycles. The van der Waals surface area contributed by atoms with E-state index in [1.165, 1.54) is 18.2 Å². The highest BCUT2D eigenvalue weighted by Gasteiger charge is 2.34. The molecule has 0 saturated carbocycles. The first kappa shape index (κ1) is 15.9. The van der Waals surface area contributed by atoms with Crippen LogP contribution < -0.4 is 10.5 Å². The predicted octanol–water partition coefficient (Wildman–Crippen LogP) is -0.120. The van der Waals surface area contributed by atoms with E-state index >= 15 is 0 Å². The molecule has 1 aromatic heterocycles. The minimum Gasteiger partial charge on any atom is -0.543 e. The van der Waals surface area contributed by atoms with E-state index in [0.717, 1.165) is 6.07 Å². The molecule has 0 spiro atoms. The maximum Gasteiger partial charge on any atom is 0.207 e. The number of carbonyl (C=O) groups excluding carboxylic acids is 1. The number of H-pyrrole nitrogens is 1. The third-order valence-electron chi connectivity index (χ3n) is 3.91. The van der Waals surface area contributed by atoms with E-state index in [0.29, 0.717) is 11.1 Å². The lowest BCUT2D eigenvalue weighted by molar-refractivity contribution is -0.255. The summed E-state index contributed by atoms with van der Waals surface area (Å²) in [6, 6.07) is 10.1. The molecule has 0 atom stereocenters. The smallest absolute Gasteiger partial charge is 0.207 e. The number of hydrogen-bond acceptors (Lipinski definition) is 5. The lowest BCUT2D eigenvalue weighted by Crippen LogP contribution is -2.25. The van der Waals surface area contributed by atoms with Gasteiger partial charge in [0.2, 0.25) is 9.84 Å². The Balaban J connectivity index is 0.00000169. The summed E-state index contributed by atoms with van der Waals surface area (Å²) in [6.45, 7) is 0. The second kappa shape index (κ2) is 5.02. The Morgan fingerprint density at radius 3 is 2.46 bits per heavy atom. The number of rotatable bonds is 1. The molecule has 24 heavy (non-hydrogen) atoms. The predicted molar refractivity (Wildman–Crippen MR) is 83.4 cm³/mol. The summed E-state index contributed by atoms with van der Waals surface area (Å²) in [5.41, 5.74) is 0.0877. The van der Waals surface area contributed by atoms with E-state index in [9.17, 15) is 23.1 Å². The van der Waals surface area contributed by atoms with E-state index in [4.69, 9.17) is 0 Å². The number of fused-ring (bicyclic) bond motifs is 5. The molecule has 3 aromatic rings. The van der Waals surface area contributed by atoms with Crippen molar-refractivity contribution in [2.45, 2.75) is 9.79 Å². The molecule has 4 rings (SSSR count). The van der Waals surface area contributed by atoms with Gasteiger partial charge in [0, 0.05) is 17.2 Å². The minimum absolute atomic E-state index is 0. The van der Waals surface area contributed by atoms with E-state index in [1.807, 2.05) is 0 Å². The van der Waals surface area contributed by atoms with Gasteiger partial charge in [0.1, 0.15) is 0 Å². The third-order valence-corrected chi connectivity index (χ3v) is 5.77. The molecule has 3 N–H and O–H groups in total. The first-order chi connectivity index (χ1) is 10.9. The molecule has 0 radical (unpaired) electrons. The van der Waals surface area contributed by atoms with Crippen molar-refractivity contribution in [3.05, 3.63) is 58.4 Å². The van der Waals surface area contributed by atoms with Gasteiger partial charge in [0.05, 0.1) is 32.4 Å². The van der Waals surface area contributed by atoms with E-state index in [-0.39, 0.29) is 31.9 Å². The Labute approximate surface area is 135 Å². The van der Waals surface area contributed by atoms with Crippen molar-refractivity contribution in [1.82, 2.24) is 4.98 Å². The maximum atomic E-state index is 12.6. The second-order valence-electron chi connectivity index (χ2n) is 5.20. The summed E-state index contributed by atoms with van der Waals surface area (Å²) in [4.78, 5) is 26.1. The lowest BCUT2D eigenvalue weighted by Gasteiger charge is -2.08. The number of sulfone groups is 1. The Bertz CT molecular complexity index is 1180. The maximum absolute atomic E-state index is 12.6. The van der Waals surface area contributed by atoms with Crippen LogP contribution in [0.15, 0.2) is 57.1 Å². The van der Waals surface area contributed by atoms with Crippen LogP contribution in [0.2, 0.25) is 0 Å². The molecule has 0 bridgehead atoms. The van der Waals surface area contributed by atoms with Crippen molar-refractivity contribution >= 4 is 26.7 Å². The van der Waals surface area contributed by atoms with Gasteiger partial charge in [-0.05, 0) is 18.2 Å². The van der Waals surface area contributed by atoms with E-state index in [2.05, 4.69) is 4.98 Å². The molecule has 0 unspecified atom stereocenters. The number of aromatic amines is 1.